The molecule has 0 aromatic carbocycles. The number of aliphatic hydroxyl groups excluding tert-OH is 2. The fourth-order valence-electron chi connectivity index (χ4n) is 1.57. The van der Waals surface area contributed by atoms with E-state index in [1.807, 2.05) is 0 Å². The Bertz CT molecular complexity index is 544. The monoisotopic (exact) mass is 239 g/mol. The van der Waals surface area contributed by atoms with Gasteiger partial charge in [0.2, 0.25) is 11.8 Å². The number of nitrogens with zero attached hydrogens (tertiary/aromatic N) is 4. The molecule has 5 N–H and O–H groups in total. The predicted molar refractivity (Wildman–Crippen MR) is 56.8 cm³/mol. The molecule has 1 aliphatic heterocycles. The lowest BCUT2D eigenvalue weighted by atomic mass is 10.1. The molecule has 2 heterocycles. The zero-order valence-corrected chi connectivity index (χ0v) is 9.15. The smallest absolute Gasteiger partial charge is 0.244 e. The number of hydrogen-bond acceptors (Lipinski definition) is 8. The zero-order chi connectivity index (χ0) is 12.6. The van der Waals surface area contributed by atoms with Crippen LogP contribution in [0.5, 0.6) is 5.88 Å². The molecule has 8 nitrogen and oxygen atoms in total. The molecule has 1 aromatic heterocycles. The number of nitrogen functional groups attached to an aromatic ring is 1. The number of rotatable bonds is 2. The summed E-state index contributed by atoms with van der Waals surface area (Å²) in [6.07, 6.45) is -1.96. The molecule has 0 amide bonds. The van der Waals surface area contributed by atoms with Crippen LogP contribution in [0.25, 0.3) is 0 Å². The Morgan fingerprint density at radius 1 is 1.35 bits per heavy atom. The van der Waals surface area contributed by atoms with Crippen molar-refractivity contribution in [3.63, 3.8) is 0 Å². The maximum Gasteiger partial charge on any atom is 0.244 e. The molecule has 0 radical (unpaired) electrons. The van der Waals surface area contributed by atoms with Crippen molar-refractivity contribution in [1.29, 1.82) is 0 Å². The number of aromatic nitrogens is 2. The number of aliphatic hydroxyl groups is 2. The lowest BCUT2D eigenvalue weighted by molar-refractivity contribution is 0.0159. The summed E-state index contributed by atoms with van der Waals surface area (Å²) >= 11 is 0. The van der Waals surface area contributed by atoms with E-state index in [4.69, 9.17) is 5.73 Å². The molecule has 8 heteroatoms. The van der Waals surface area contributed by atoms with Gasteiger partial charge >= 0.3 is 0 Å². The van der Waals surface area contributed by atoms with Crippen molar-refractivity contribution < 1.29 is 15.3 Å². The number of hydrogen-bond donors (Lipinski definition) is 4. The number of aromatic hydroxyl groups is 1. The summed E-state index contributed by atoms with van der Waals surface area (Å²) in [4.78, 5) is 15.5. The molecule has 92 valence electrons. The van der Waals surface area contributed by atoms with Crippen molar-refractivity contribution in [3.8, 4) is 5.88 Å². The first kappa shape index (κ1) is 11.7. The van der Waals surface area contributed by atoms with Crippen LogP contribution in [0.1, 0.15) is 6.92 Å². The molecular formula is C9H13N5O3. The lowest BCUT2D eigenvalue weighted by Crippen LogP contribution is -2.44. The maximum atomic E-state index is 9.67. The molecule has 0 fully saturated rings. The van der Waals surface area contributed by atoms with Gasteiger partial charge in [-0.25, -0.2) is 0 Å². The van der Waals surface area contributed by atoms with Gasteiger partial charge in [0.05, 0.1) is 12.6 Å². The van der Waals surface area contributed by atoms with Gasteiger partial charge in [0, 0.05) is 0 Å². The normalized spacial score (nSPS) is 21.9. The minimum atomic E-state index is -1.04. The third kappa shape index (κ3) is 2.17. The van der Waals surface area contributed by atoms with Crippen LogP contribution in [-0.4, -0.2) is 50.1 Å². The van der Waals surface area contributed by atoms with Gasteiger partial charge in [-0.3, -0.25) is 9.98 Å². The van der Waals surface area contributed by atoms with Crippen molar-refractivity contribution in [2.75, 3.05) is 12.3 Å². The van der Waals surface area contributed by atoms with Gasteiger partial charge in [0.15, 0.2) is 10.8 Å². The van der Waals surface area contributed by atoms with Crippen LogP contribution in [0.2, 0.25) is 0 Å². The quantitative estimate of drug-likeness (QED) is 0.437. The van der Waals surface area contributed by atoms with Gasteiger partial charge in [0.1, 0.15) is 12.1 Å². The number of anilines is 1. The van der Waals surface area contributed by atoms with Crippen molar-refractivity contribution in [1.82, 2.24) is 9.97 Å². The Hall–Kier alpha value is -1.80. The van der Waals surface area contributed by atoms with Crippen molar-refractivity contribution >= 4 is 5.95 Å². The molecule has 1 aliphatic rings. The topological polar surface area (TPSA) is 137 Å². The predicted octanol–water partition coefficient (Wildman–Crippen LogP) is -2.87. The minimum Gasteiger partial charge on any atom is -0.492 e. The van der Waals surface area contributed by atoms with Crippen LogP contribution in [-0.2, 0) is 0 Å². The molecule has 0 spiro atoms. The summed E-state index contributed by atoms with van der Waals surface area (Å²) < 4.78 is 0. The number of fused-ring (bicyclic) bond motifs is 1. The van der Waals surface area contributed by atoms with Gasteiger partial charge in [-0.1, -0.05) is 0 Å². The Morgan fingerprint density at radius 2 is 2.06 bits per heavy atom. The van der Waals surface area contributed by atoms with E-state index in [2.05, 4.69) is 20.0 Å². The fourth-order valence-corrected chi connectivity index (χ4v) is 1.57. The second-order valence-corrected chi connectivity index (χ2v) is 3.85. The summed E-state index contributed by atoms with van der Waals surface area (Å²) in [5.74, 6) is -0.450. The van der Waals surface area contributed by atoms with E-state index in [0.29, 0.717) is 0 Å². The molecule has 0 saturated heterocycles. The van der Waals surface area contributed by atoms with E-state index in [-0.39, 0.29) is 29.2 Å². The molecule has 17 heavy (non-hydrogen) atoms. The SMILES string of the molecule is CC(O)C(O)C1CN=c2c(O)nc(N)nc2=N1. The second kappa shape index (κ2) is 4.22. The highest BCUT2D eigenvalue weighted by Gasteiger charge is 2.25. The maximum absolute atomic E-state index is 9.67. The highest BCUT2D eigenvalue weighted by Crippen LogP contribution is 2.06. The van der Waals surface area contributed by atoms with E-state index in [0.717, 1.165) is 0 Å². The summed E-state index contributed by atoms with van der Waals surface area (Å²) in [5.41, 5.74) is 5.50. The molecule has 3 atom stereocenters. The average molecular weight is 239 g/mol. The number of nitrogens with two attached hydrogens (primary N) is 1. The summed E-state index contributed by atoms with van der Waals surface area (Å²) in [5, 5.41) is 28.6. The third-order valence-electron chi connectivity index (χ3n) is 2.48. The van der Waals surface area contributed by atoms with Crippen molar-refractivity contribution in [3.05, 3.63) is 10.8 Å². The van der Waals surface area contributed by atoms with E-state index in [9.17, 15) is 15.3 Å². The zero-order valence-electron chi connectivity index (χ0n) is 9.15. The molecule has 0 saturated carbocycles. The van der Waals surface area contributed by atoms with Gasteiger partial charge in [-0.2, -0.15) is 9.97 Å². The summed E-state index contributed by atoms with van der Waals surface area (Å²) in [7, 11) is 0. The van der Waals surface area contributed by atoms with Crippen LogP contribution in [0.15, 0.2) is 9.98 Å². The van der Waals surface area contributed by atoms with E-state index in [1.165, 1.54) is 6.92 Å². The van der Waals surface area contributed by atoms with Crippen molar-refractivity contribution in [2.45, 2.75) is 25.2 Å². The Morgan fingerprint density at radius 3 is 2.71 bits per heavy atom. The molecule has 1 aromatic rings. The van der Waals surface area contributed by atoms with E-state index < -0.39 is 18.2 Å². The lowest BCUT2D eigenvalue weighted by Gasteiger charge is -2.21. The molecule has 3 unspecified atom stereocenters. The summed E-state index contributed by atoms with van der Waals surface area (Å²) in [6, 6.07) is -0.601. The average Bonchev–Trinajstić information content (AvgIpc) is 2.26. The second-order valence-electron chi connectivity index (χ2n) is 3.85. The van der Waals surface area contributed by atoms with Gasteiger partial charge in [-0.05, 0) is 6.92 Å². The van der Waals surface area contributed by atoms with Crippen LogP contribution >= 0.6 is 0 Å². The van der Waals surface area contributed by atoms with E-state index in [1.54, 1.807) is 0 Å². The third-order valence-corrected chi connectivity index (χ3v) is 2.48. The van der Waals surface area contributed by atoms with Gasteiger partial charge in [-0.15, -0.1) is 0 Å². The molecule has 2 rings (SSSR count). The standard InChI is InChI=1S/C9H13N5O3/c1-3(15)6(16)4-2-11-5-7(12-4)13-9(10)14-8(5)17/h3-4,6,15-16H,2H2,1H3,(H3,10,12,13,14,17). The first-order valence-corrected chi connectivity index (χ1v) is 5.10. The molecule has 0 aliphatic carbocycles. The van der Waals surface area contributed by atoms with Gasteiger partial charge < -0.3 is 21.1 Å². The van der Waals surface area contributed by atoms with Crippen LogP contribution in [0.4, 0.5) is 5.95 Å². The van der Waals surface area contributed by atoms with Crippen LogP contribution in [0, 0.1) is 0 Å². The highest BCUT2D eigenvalue weighted by molar-refractivity contribution is 5.20. The van der Waals surface area contributed by atoms with Gasteiger partial charge in [0.25, 0.3) is 0 Å². The highest BCUT2D eigenvalue weighted by atomic mass is 16.3. The molecular weight excluding hydrogens is 226 g/mol. The largest absolute Gasteiger partial charge is 0.492 e. The van der Waals surface area contributed by atoms with E-state index >= 15 is 0 Å². The Kier molecular flexibility index (Phi) is 2.90. The Balaban J connectivity index is 2.47. The Labute approximate surface area is 96.2 Å². The first-order valence-electron chi connectivity index (χ1n) is 5.10. The molecule has 0 bridgehead atoms. The first-order chi connectivity index (χ1) is 7.99. The minimum absolute atomic E-state index is 0.118. The van der Waals surface area contributed by atoms with Crippen LogP contribution < -0.4 is 16.6 Å². The fraction of sp³-hybridized carbons (Fsp3) is 0.556. The summed E-state index contributed by atoms with van der Waals surface area (Å²) in [6.45, 7) is 1.61. The van der Waals surface area contributed by atoms with Crippen LogP contribution in [0.3, 0.4) is 0 Å². The van der Waals surface area contributed by atoms with Crippen molar-refractivity contribution in [2.24, 2.45) is 9.98 Å².